The molecule has 3 heteroatoms. The van der Waals surface area contributed by atoms with Gasteiger partial charge in [0.1, 0.15) is 12.4 Å². The molecule has 23 heavy (non-hydrogen) atoms. The molecule has 0 saturated heterocycles. The summed E-state index contributed by atoms with van der Waals surface area (Å²) in [6.45, 7) is 2.25. The third-order valence-corrected chi connectivity index (χ3v) is 5.79. The van der Waals surface area contributed by atoms with Crippen LogP contribution < -0.4 is 0 Å². The van der Waals surface area contributed by atoms with Crippen LogP contribution in [0.25, 0.3) is 0 Å². The van der Waals surface area contributed by atoms with Gasteiger partial charge in [-0.3, -0.25) is 9.59 Å². The van der Waals surface area contributed by atoms with Gasteiger partial charge in [-0.1, -0.05) is 19.4 Å². The third kappa shape index (κ3) is 6.12. The molecule has 2 fully saturated rings. The molecule has 0 N–H and O–H groups in total. The highest BCUT2D eigenvalue weighted by atomic mass is 16.5. The number of rotatable bonds is 7. The van der Waals surface area contributed by atoms with Gasteiger partial charge in [-0.05, 0) is 82.1 Å². The van der Waals surface area contributed by atoms with Crippen molar-refractivity contribution in [3.8, 4) is 0 Å². The van der Waals surface area contributed by atoms with E-state index in [1.807, 2.05) is 6.08 Å². The minimum atomic E-state index is 0.0666. The molecule has 0 amide bonds. The average molecular weight is 320 g/mol. The lowest BCUT2D eigenvalue weighted by Crippen LogP contribution is -2.30. The summed E-state index contributed by atoms with van der Waals surface area (Å²) < 4.78 is 5.79. The van der Waals surface area contributed by atoms with Crippen LogP contribution in [0.5, 0.6) is 0 Å². The van der Waals surface area contributed by atoms with E-state index in [-0.39, 0.29) is 18.0 Å². The van der Waals surface area contributed by atoms with Gasteiger partial charge in [-0.2, -0.15) is 0 Å². The Kier molecular flexibility index (Phi) is 7.84. The minimum absolute atomic E-state index is 0.0666. The number of carbonyl (C=O) groups is 2. The molecule has 2 saturated carbocycles. The maximum absolute atomic E-state index is 12.3. The molecule has 3 nitrogen and oxygen atoms in total. The highest BCUT2D eigenvalue weighted by molar-refractivity contribution is 5.72. The maximum atomic E-state index is 12.3. The summed E-state index contributed by atoms with van der Waals surface area (Å²) in [5, 5.41) is 0. The Bertz CT molecular complexity index is 386. The molecule has 2 rings (SSSR count). The quantitative estimate of drug-likeness (QED) is 0.383. The first-order valence-corrected chi connectivity index (χ1v) is 9.53. The standard InChI is InChI=1S/C20H32O3/c1-2-16-7-11-18(12-8-16)20(22)23-19-13-9-17(10-14-19)6-4-3-5-15-21/h3,5,15-19H,2,4,6-14H2,1H3/b5-3+/t16-,17?,18-,19?. The summed E-state index contributed by atoms with van der Waals surface area (Å²) in [6, 6.07) is 0. The zero-order valence-electron chi connectivity index (χ0n) is 14.5. The number of carbonyl (C=O) groups excluding carboxylic acids is 2. The predicted molar refractivity (Wildman–Crippen MR) is 92.0 cm³/mol. The Morgan fingerprint density at radius 3 is 2.26 bits per heavy atom. The Labute approximate surface area is 140 Å². The Hall–Kier alpha value is -1.12. The van der Waals surface area contributed by atoms with Crippen molar-refractivity contribution in [3.63, 3.8) is 0 Å². The Balaban J connectivity index is 1.63. The van der Waals surface area contributed by atoms with E-state index in [1.54, 1.807) is 6.08 Å². The molecule has 2 aliphatic carbocycles. The lowest BCUT2D eigenvalue weighted by atomic mass is 9.80. The van der Waals surface area contributed by atoms with E-state index in [4.69, 9.17) is 4.74 Å². The van der Waals surface area contributed by atoms with Crippen molar-refractivity contribution in [3.05, 3.63) is 12.2 Å². The predicted octanol–water partition coefficient (Wildman–Crippen LogP) is 4.84. The van der Waals surface area contributed by atoms with Crippen LogP contribution in [0.4, 0.5) is 0 Å². The van der Waals surface area contributed by atoms with Crippen LogP contribution in [0.15, 0.2) is 12.2 Å². The van der Waals surface area contributed by atoms with Gasteiger partial charge in [0.15, 0.2) is 0 Å². The van der Waals surface area contributed by atoms with Crippen molar-refractivity contribution in [2.45, 2.75) is 83.7 Å². The number of aldehydes is 1. The van der Waals surface area contributed by atoms with Crippen LogP contribution in [-0.2, 0) is 14.3 Å². The fraction of sp³-hybridized carbons (Fsp3) is 0.800. The number of allylic oxidation sites excluding steroid dienone is 2. The Morgan fingerprint density at radius 2 is 1.65 bits per heavy atom. The average Bonchev–Trinajstić information content (AvgIpc) is 2.60. The van der Waals surface area contributed by atoms with Gasteiger partial charge >= 0.3 is 5.97 Å². The normalized spacial score (nSPS) is 31.9. The molecule has 0 radical (unpaired) electrons. The summed E-state index contributed by atoms with van der Waals surface area (Å²) in [5.74, 6) is 1.77. The highest BCUT2D eigenvalue weighted by Gasteiger charge is 2.30. The van der Waals surface area contributed by atoms with E-state index in [0.29, 0.717) is 0 Å². The van der Waals surface area contributed by atoms with Crippen LogP contribution in [-0.4, -0.2) is 18.4 Å². The van der Waals surface area contributed by atoms with Crippen molar-refractivity contribution in [1.82, 2.24) is 0 Å². The SMILES string of the molecule is CC[C@H]1CC[C@H](C(=O)OC2CCC(CC/C=C/C=O)CC2)CC1. The molecule has 0 aromatic heterocycles. The lowest BCUT2D eigenvalue weighted by Gasteiger charge is -2.31. The second-order valence-electron chi connectivity index (χ2n) is 7.35. The summed E-state index contributed by atoms with van der Waals surface area (Å²) in [7, 11) is 0. The number of ether oxygens (including phenoxy) is 1. The van der Waals surface area contributed by atoms with E-state index in [9.17, 15) is 9.59 Å². The van der Waals surface area contributed by atoms with Crippen molar-refractivity contribution in [2.24, 2.45) is 17.8 Å². The first-order valence-electron chi connectivity index (χ1n) is 9.53. The van der Waals surface area contributed by atoms with E-state index in [1.165, 1.54) is 19.3 Å². The molecule has 0 bridgehead atoms. The molecule has 0 atom stereocenters. The topological polar surface area (TPSA) is 43.4 Å². The van der Waals surface area contributed by atoms with Gasteiger partial charge < -0.3 is 4.74 Å². The molecular weight excluding hydrogens is 288 g/mol. The van der Waals surface area contributed by atoms with Crippen LogP contribution in [0.1, 0.15) is 77.6 Å². The zero-order valence-corrected chi connectivity index (χ0v) is 14.5. The molecule has 0 aromatic rings. The molecule has 0 aromatic carbocycles. The van der Waals surface area contributed by atoms with Gasteiger partial charge in [-0.25, -0.2) is 0 Å². The second-order valence-corrected chi connectivity index (χ2v) is 7.35. The summed E-state index contributed by atoms with van der Waals surface area (Å²) in [4.78, 5) is 22.6. The van der Waals surface area contributed by atoms with Gasteiger partial charge in [0.05, 0.1) is 5.92 Å². The fourth-order valence-electron chi connectivity index (χ4n) is 4.09. The highest BCUT2D eigenvalue weighted by Crippen LogP contribution is 2.33. The van der Waals surface area contributed by atoms with Gasteiger partial charge in [0.25, 0.3) is 0 Å². The third-order valence-electron chi connectivity index (χ3n) is 5.79. The van der Waals surface area contributed by atoms with Gasteiger partial charge in [0, 0.05) is 0 Å². The van der Waals surface area contributed by atoms with E-state index in [0.717, 1.165) is 69.5 Å². The van der Waals surface area contributed by atoms with E-state index < -0.39 is 0 Å². The molecule has 0 spiro atoms. The Morgan fingerprint density at radius 1 is 1.00 bits per heavy atom. The zero-order chi connectivity index (χ0) is 16.5. The molecular formula is C20H32O3. The smallest absolute Gasteiger partial charge is 0.309 e. The molecule has 0 aliphatic heterocycles. The first kappa shape index (κ1) is 18.2. The van der Waals surface area contributed by atoms with Crippen molar-refractivity contribution in [2.75, 3.05) is 0 Å². The van der Waals surface area contributed by atoms with Crippen LogP contribution in [0.3, 0.4) is 0 Å². The van der Waals surface area contributed by atoms with Crippen LogP contribution >= 0.6 is 0 Å². The first-order chi connectivity index (χ1) is 11.2. The van der Waals surface area contributed by atoms with Gasteiger partial charge in [0.2, 0.25) is 0 Å². The lowest BCUT2D eigenvalue weighted by molar-refractivity contribution is -0.157. The van der Waals surface area contributed by atoms with Gasteiger partial charge in [-0.15, -0.1) is 0 Å². The summed E-state index contributed by atoms with van der Waals surface area (Å²) in [5.41, 5.74) is 0. The monoisotopic (exact) mass is 320 g/mol. The summed E-state index contributed by atoms with van der Waals surface area (Å²) >= 11 is 0. The number of hydrogen-bond acceptors (Lipinski definition) is 3. The number of hydrogen-bond donors (Lipinski definition) is 0. The van der Waals surface area contributed by atoms with Crippen molar-refractivity contribution < 1.29 is 14.3 Å². The second kappa shape index (κ2) is 9.89. The van der Waals surface area contributed by atoms with Crippen LogP contribution in [0, 0.1) is 17.8 Å². The molecule has 0 heterocycles. The van der Waals surface area contributed by atoms with E-state index in [2.05, 4.69) is 6.92 Å². The van der Waals surface area contributed by atoms with Crippen molar-refractivity contribution >= 4 is 12.3 Å². The summed E-state index contributed by atoms with van der Waals surface area (Å²) in [6.07, 6.45) is 16.6. The fourth-order valence-corrected chi connectivity index (χ4v) is 4.09. The molecule has 0 unspecified atom stereocenters. The largest absolute Gasteiger partial charge is 0.462 e. The van der Waals surface area contributed by atoms with E-state index >= 15 is 0 Å². The van der Waals surface area contributed by atoms with Crippen molar-refractivity contribution in [1.29, 1.82) is 0 Å². The van der Waals surface area contributed by atoms with Crippen LogP contribution in [0.2, 0.25) is 0 Å². The molecule has 2 aliphatic rings. The maximum Gasteiger partial charge on any atom is 0.309 e. The molecule has 130 valence electrons. The minimum Gasteiger partial charge on any atom is -0.462 e. The number of esters is 1.